The van der Waals surface area contributed by atoms with Gasteiger partial charge in [0.2, 0.25) is 0 Å². The second kappa shape index (κ2) is 7.13. The number of rotatable bonds is 6. The fourth-order valence-corrected chi connectivity index (χ4v) is 2.10. The molecule has 0 aliphatic heterocycles. The van der Waals surface area contributed by atoms with E-state index in [9.17, 15) is 9.59 Å². The van der Waals surface area contributed by atoms with Crippen molar-refractivity contribution < 1.29 is 19.4 Å². The van der Waals surface area contributed by atoms with Gasteiger partial charge >= 0.3 is 5.97 Å². The largest absolute Gasteiger partial charge is 0.483 e. The van der Waals surface area contributed by atoms with Crippen LogP contribution in [0.1, 0.15) is 18.9 Å². The third kappa shape index (κ3) is 5.74. The first-order valence-corrected chi connectivity index (χ1v) is 6.58. The van der Waals surface area contributed by atoms with Crippen LogP contribution in [0.15, 0.2) is 22.7 Å². The average molecular weight is 330 g/mol. The molecule has 2 N–H and O–H groups in total. The Balaban J connectivity index is 2.43. The number of carbonyl (C=O) groups is 2. The van der Waals surface area contributed by atoms with E-state index in [4.69, 9.17) is 9.84 Å². The van der Waals surface area contributed by atoms with Gasteiger partial charge < -0.3 is 15.2 Å². The molecular weight excluding hydrogens is 314 g/mol. The minimum Gasteiger partial charge on any atom is -0.483 e. The maximum absolute atomic E-state index is 11.5. The molecule has 0 aliphatic carbocycles. The number of amides is 1. The van der Waals surface area contributed by atoms with E-state index in [1.165, 1.54) is 0 Å². The summed E-state index contributed by atoms with van der Waals surface area (Å²) in [5.74, 6) is -0.720. The molecule has 104 valence electrons. The van der Waals surface area contributed by atoms with Crippen molar-refractivity contribution in [3.05, 3.63) is 28.2 Å². The minimum atomic E-state index is -0.949. The van der Waals surface area contributed by atoms with E-state index in [1.54, 1.807) is 13.0 Å². The van der Waals surface area contributed by atoms with Crippen LogP contribution in [0.3, 0.4) is 0 Å². The molecule has 1 aromatic carbocycles. The summed E-state index contributed by atoms with van der Waals surface area (Å²) in [6.07, 6.45) is -0.111. The Morgan fingerprint density at radius 2 is 2.16 bits per heavy atom. The van der Waals surface area contributed by atoms with Crippen molar-refractivity contribution in [2.75, 3.05) is 6.61 Å². The molecule has 1 atom stereocenters. The number of carboxylic acids is 1. The Kier molecular flexibility index (Phi) is 5.82. The Bertz CT molecular complexity index is 476. The molecule has 0 aromatic heterocycles. The van der Waals surface area contributed by atoms with Gasteiger partial charge in [-0.2, -0.15) is 0 Å². The first-order valence-electron chi connectivity index (χ1n) is 5.78. The van der Waals surface area contributed by atoms with Crippen molar-refractivity contribution in [2.24, 2.45) is 0 Å². The summed E-state index contributed by atoms with van der Waals surface area (Å²) in [6.45, 7) is 3.44. The highest BCUT2D eigenvalue weighted by atomic mass is 79.9. The number of halogens is 1. The normalized spacial score (nSPS) is 11.7. The van der Waals surface area contributed by atoms with Crippen molar-refractivity contribution in [3.8, 4) is 5.75 Å². The molecule has 0 saturated carbocycles. The summed E-state index contributed by atoms with van der Waals surface area (Å²) in [5, 5.41) is 11.1. The van der Waals surface area contributed by atoms with E-state index in [0.717, 1.165) is 10.0 Å². The van der Waals surface area contributed by atoms with E-state index in [1.807, 2.05) is 19.1 Å². The number of carbonyl (C=O) groups excluding carboxylic acids is 1. The predicted molar refractivity (Wildman–Crippen MR) is 74.2 cm³/mol. The predicted octanol–water partition coefficient (Wildman–Crippen LogP) is 2.12. The van der Waals surface area contributed by atoms with Gasteiger partial charge in [-0.05, 0) is 47.5 Å². The monoisotopic (exact) mass is 329 g/mol. The summed E-state index contributed by atoms with van der Waals surface area (Å²) < 4.78 is 6.13. The molecule has 1 amide bonds. The maximum Gasteiger partial charge on any atom is 0.305 e. The molecule has 0 spiro atoms. The van der Waals surface area contributed by atoms with Gasteiger partial charge in [0.05, 0.1) is 10.9 Å². The lowest BCUT2D eigenvalue weighted by Crippen LogP contribution is -2.37. The maximum atomic E-state index is 11.5. The fourth-order valence-electron chi connectivity index (χ4n) is 1.50. The second-order valence-electron chi connectivity index (χ2n) is 4.29. The number of aliphatic carboxylic acids is 1. The Morgan fingerprint density at radius 3 is 2.74 bits per heavy atom. The topological polar surface area (TPSA) is 75.6 Å². The lowest BCUT2D eigenvalue weighted by molar-refractivity contribution is -0.137. The van der Waals surface area contributed by atoms with Gasteiger partial charge in [-0.3, -0.25) is 9.59 Å². The molecule has 19 heavy (non-hydrogen) atoms. The molecule has 6 heteroatoms. The van der Waals surface area contributed by atoms with E-state index in [2.05, 4.69) is 21.2 Å². The average Bonchev–Trinajstić information content (AvgIpc) is 2.26. The first-order chi connectivity index (χ1) is 8.88. The smallest absolute Gasteiger partial charge is 0.305 e. The minimum absolute atomic E-state index is 0.111. The van der Waals surface area contributed by atoms with Gasteiger partial charge in [0.1, 0.15) is 5.75 Å². The number of ether oxygens (including phenoxy) is 1. The third-order valence-electron chi connectivity index (χ3n) is 2.33. The number of hydrogen-bond donors (Lipinski definition) is 2. The second-order valence-corrected chi connectivity index (χ2v) is 5.14. The van der Waals surface area contributed by atoms with Crippen LogP contribution in [0.2, 0.25) is 0 Å². The van der Waals surface area contributed by atoms with Crippen molar-refractivity contribution in [1.29, 1.82) is 0 Å². The molecule has 1 rings (SSSR count). The summed E-state index contributed by atoms with van der Waals surface area (Å²) in [5.41, 5.74) is 1.08. The van der Waals surface area contributed by atoms with Crippen LogP contribution in [0.25, 0.3) is 0 Å². The zero-order valence-electron chi connectivity index (χ0n) is 10.8. The van der Waals surface area contributed by atoms with Crippen LogP contribution in [0, 0.1) is 6.92 Å². The van der Waals surface area contributed by atoms with Crippen LogP contribution in [-0.2, 0) is 9.59 Å². The Labute approximate surface area is 120 Å². The van der Waals surface area contributed by atoms with Crippen LogP contribution in [0.5, 0.6) is 5.75 Å². The fraction of sp³-hybridized carbons (Fsp3) is 0.385. The first kappa shape index (κ1) is 15.5. The lowest BCUT2D eigenvalue weighted by atomic mass is 10.2. The number of nitrogens with one attached hydrogen (secondary N) is 1. The number of carboxylic acid groups (broad SMARTS) is 1. The van der Waals surface area contributed by atoms with E-state index < -0.39 is 12.0 Å². The zero-order chi connectivity index (χ0) is 14.4. The van der Waals surface area contributed by atoms with Crippen LogP contribution < -0.4 is 10.1 Å². The molecular formula is C13H16BrNO4. The molecule has 0 heterocycles. The highest BCUT2D eigenvalue weighted by molar-refractivity contribution is 9.10. The van der Waals surface area contributed by atoms with E-state index >= 15 is 0 Å². The Hall–Kier alpha value is -1.56. The molecule has 5 nitrogen and oxygen atoms in total. The highest BCUT2D eigenvalue weighted by Crippen LogP contribution is 2.25. The molecule has 0 saturated heterocycles. The van der Waals surface area contributed by atoms with Gasteiger partial charge in [-0.25, -0.2) is 0 Å². The SMILES string of the molecule is Cc1ccc(OCC(=O)NC(C)CC(=O)O)c(Br)c1. The number of benzene rings is 1. The van der Waals surface area contributed by atoms with Crippen LogP contribution in [-0.4, -0.2) is 29.6 Å². The van der Waals surface area contributed by atoms with Crippen molar-refractivity contribution >= 4 is 27.8 Å². The van der Waals surface area contributed by atoms with Crippen molar-refractivity contribution in [3.63, 3.8) is 0 Å². The third-order valence-corrected chi connectivity index (χ3v) is 2.95. The molecule has 0 fully saturated rings. The number of aryl methyl sites for hydroxylation is 1. The quantitative estimate of drug-likeness (QED) is 0.838. The summed E-state index contributed by atoms with van der Waals surface area (Å²) in [6, 6.07) is 5.12. The van der Waals surface area contributed by atoms with E-state index in [-0.39, 0.29) is 18.9 Å². The standard InChI is InChI=1S/C13H16BrNO4/c1-8-3-4-11(10(14)5-8)19-7-12(16)15-9(2)6-13(17)18/h3-5,9H,6-7H2,1-2H3,(H,15,16)(H,17,18). The molecule has 0 bridgehead atoms. The van der Waals surface area contributed by atoms with E-state index in [0.29, 0.717) is 5.75 Å². The zero-order valence-corrected chi connectivity index (χ0v) is 12.4. The van der Waals surface area contributed by atoms with Crippen molar-refractivity contribution in [1.82, 2.24) is 5.32 Å². The highest BCUT2D eigenvalue weighted by Gasteiger charge is 2.12. The molecule has 1 aromatic rings. The van der Waals surface area contributed by atoms with Crippen molar-refractivity contribution in [2.45, 2.75) is 26.3 Å². The van der Waals surface area contributed by atoms with Gasteiger partial charge in [0.15, 0.2) is 6.61 Å². The van der Waals surface area contributed by atoms with Gasteiger partial charge in [-0.15, -0.1) is 0 Å². The number of hydrogen-bond acceptors (Lipinski definition) is 3. The molecule has 0 aliphatic rings. The Morgan fingerprint density at radius 1 is 1.47 bits per heavy atom. The van der Waals surface area contributed by atoms with Gasteiger partial charge in [-0.1, -0.05) is 6.07 Å². The van der Waals surface area contributed by atoms with Crippen LogP contribution in [0.4, 0.5) is 0 Å². The molecule has 0 radical (unpaired) electrons. The van der Waals surface area contributed by atoms with Gasteiger partial charge in [0, 0.05) is 6.04 Å². The summed E-state index contributed by atoms with van der Waals surface area (Å²) in [4.78, 5) is 22.0. The van der Waals surface area contributed by atoms with Crippen LogP contribution >= 0.6 is 15.9 Å². The van der Waals surface area contributed by atoms with Gasteiger partial charge in [0.25, 0.3) is 5.91 Å². The summed E-state index contributed by atoms with van der Waals surface area (Å²) >= 11 is 3.35. The summed E-state index contributed by atoms with van der Waals surface area (Å²) in [7, 11) is 0. The molecule has 1 unspecified atom stereocenters. The lowest BCUT2D eigenvalue weighted by Gasteiger charge is -2.13.